The number of carbonyl (C=O) groups is 1. The smallest absolute Gasteiger partial charge is 0.339 e. The fourth-order valence-corrected chi connectivity index (χ4v) is 4.52. The summed E-state index contributed by atoms with van der Waals surface area (Å²) in [7, 11) is 2.91. The molecule has 39 heavy (non-hydrogen) atoms. The molecule has 2 heterocycles. The summed E-state index contributed by atoms with van der Waals surface area (Å²) in [6.45, 7) is 2.16. The number of hydrogen-bond donors (Lipinski definition) is 2. The molecule has 1 aliphatic heterocycles. The number of nitrogens with zero attached hydrogens (tertiary/aromatic N) is 3. The first-order valence-electron chi connectivity index (χ1n) is 12.1. The third-order valence-electron chi connectivity index (χ3n) is 6.31. The first kappa shape index (κ1) is 25.6. The van der Waals surface area contributed by atoms with Gasteiger partial charge in [0.15, 0.2) is 0 Å². The number of ether oxygens (including phenoxy) is 2. The summed E-state index contributed by atoms with van der Waals surface area (Å²) in [6.07, 6.45) is 5.58. The van der Waals surface area contributed by atoms with Gasteiger partial charge in [0.1, 0.15) is 22.9 Å². The maximum atomic E-state index is 15.2. The highest BCUT2D eigenvalue weighted by molar-refractivity contribution is 6.18. The van der Waals surface area contributed by atoms with E-state index in [0.29, 0.717) is 34.4 Å². The minimum absolute atomic E-state index is 0.0463. The van der Waals surface area contributed by atoms with Crippen LogP contribution in [0.1, 0.15) is 39.5 Å². The van der Waals surface area contributed by atoms with Crippen molar-refractivity contribution in [3.05, 3.63) is 101 Å². The average molecular weight is 525 g/mol. The number of anilines is 2. The first-order chi connectivity index (χ1) is 18.9. The number of methoxy groups -OCH3 is 2. The highest BCUT2D eigenvalue weighted by Crippen LogP contribution is 2.36. The Kier molecular flexibility index (Phi) is 7.05. The molecule has 0 bridgehead atoms. The molecule has 0 aliphatic carbocycles. The summed E-state index contributed by atoms with van der Waals surface area (Å²) >= 11 is 0. The number of hydrogen-bond acceptors (Lipinski definition) is 7. The van der Waals surface area contributed by atoms with Gasteiger partial charge in [0.2, 0.25) is 5.95 Å². The molecule has 2 N–H and O–H groups in total. The third-order valence-corrected chi connectivity index (χ3v) is 6.31. The highest BCUT2D eigenvalue weighted by atomic mass is 19.1. The molecule has 5 rings (SSSR count). The fraction of sp³-hybridized carbons (Fsp3) is 0.133. The Bertz CT molecular complexity index is 1650. The van der Waals surface area contributed by atoms with E-state index in [1.165, 1.54) is 26.4 Å². The van der Waals surface area contributed by atoms with Crippen LogP contribution in [0.3, 0.4) is 0 Å². The van der Waals surface area contributed by atoms with Crippen molar-refractivity contribution < 1.29 is 23.8 Å². The van der Waals surface area contributed by atoms with Gasteiger partial charge >= 0.3 is 5.97 Å². The number of aromatic nitrogens is 2. The van der Waals surface area contributed by atoms with Crippen LogP contribution < -0.4 is 14.8 Å². The molecular formula is C30H25FN4O4. The van der Waals surface area contributed by atoms with E-state index in [1.54, 1.807) is 30.5 Å². The Labute approximate surface area is 224 Å². The molecule has 0 unspecified atom stereocenters. The van der Waals surface area contributed by atoms with Gasteiger partial charge in [0, 0.05) is 34.6 Å². The number of rotatable bonds is 7. The van der Waals surface area contributed by atoms with E-state index in [2.05, 4.69) is 10.3 Å². The van der Waals surface area contributed by atoms with Crippen molar-refractivity contribution in [2.24, 2.45) is 4.99 Å². The van der Waals surface area contributed by atoms with Crippen molar-refractivity contribution in [3.8, 4) is 22.8 Å². The molecule has 8 nitrogen and oxygen atoms in total. The molecule has 0 saturated carbocycles. The van der Waals surface area contributed by atoms with Crippen LogP contribution in [0, 0.1) is 5.82 Å². The predicted octanol–water partition coefficient (Wildman–Crippen LogP) is 6.13. The van der Waals surface area contributed by atoms with Crippen LogP contribution in [-0.4, -0.2) is 41.0 Å². The Morgan fingerprint density at radius 1 is 1.05 bits per heavy atom. The van der Waals surface area contributed by atoms with E-state index in [1.807, 2.05) is 37.3 Å². The summed E-state index contributed by atoms with van der Waals surface area (Å²) in [5, 5.41) is 12.5. The first-order valence-corrected chi connectivity index (χ1v) is 12.1. The lowest BCUT2D eigenvalue weighted by molar-refractivity contribution is 0.0693. The second kappa shape index (κ2) is 10.7. The van der Waals surface area contributed by atoms with Gasteiger partial charge in [0.25, 0.3) is 0 Å². The van der Waals surface area contributed by atoms with E-state index < -0.39 is 11.8 Å². The topological polar surface area (TPSA) is 106 Å². The van der Waals surface area contributed by atoms with Crippen LogP contribution in [-0.2, 0) is 6.54 Å². The van der Waals surface area contributed by atoms with Crippen LogP contribution in [0.5, 0.6) is 11.5 Å². The molecule has 3 aromatic carbocycles. The van der Waals surface area contributed by atoms with Gasteiger partial charge in [0.05, 0.1) is 37.7 Å². The lowest BCUT2D eigenvalue weighted by Gasteiger charge is -2.15. The number of nitrogens with one attached hydrogen (secondary N) is 1. The average Bonchev–Trinajstić information content (AvgIpc) is 3.09. The van der Waals surface area contributed by atoms with E-state index in [0.717, 1.165) is 16.7 Å². The van der Waals surface area contributed by atoms with E-state index in [-0.39, 0.29) is 23.4 Å². The largest absolute Gasteiger partial charge is 0.496 e. The predicted molar refractivity (Wildman–Crippen MR) is 148 cm³/mol. The van der Waals surface area contributed by atoms with E-state index in [9.17, 15) is 9.90 Å². The molecule has 9 heteroatoms. The number of carboxylic acids is 1. The maximum Gasteiger partial charge on any atom is 0.339 e. The van der Waals surface area contributed by atoms with Crippen LogP contribution in [0.2, 0.25) is 0 Å². The second-order valence-corrected chi connectivity index (χ2v) is 8.70. The van der Waals surface area contributed by atoms with Crippen LogP contribution in [0.15, 0.2) is 71.9 Å². The summed E-state index contributed by atoms with van der Waals surface area (Å²) < 4.78 is 25.9. The van der Waals surface area contributed by atoms with Crippen molar-refractivity contribution in [3.63, 3.8) is 0 Å². The number of carboxylic acid groups (broad SMARTS) is 1. The SMILES string of the molecule is CC=Cc1ccc2c(c1)C(c1c(F)cccc1OC)=NCc1cnc(Nc3ccc(C(=O)O)c(OC)c3)nc1-2. The Morgan fingerprint density at radius 3 is 2.62 bits per heavy atom. The zero-order chi connectivity index (χ0) is 27.5. The minimum Gasteiger partial charge on any atom is -0.496 e. The van der Waals surface area contributed by atoms with Gasteiger partial charge in [-0.25, -0.2) is 19.2 Å². The summed E-state index contributed by atoms with van der Waals surface area (Å²) in [5.41, 5.74) is 5.18. The second-order valence-electron chi connectivity index (χ2n) is 8.70. The molecule has 0 spiro atoms. The molecule has 196 valence electrons. The lowest BCUT2D eigenvalue weighted by Crippen LogP contribution is -2.10. The van der Waals surface area contributed by atoms with Crippen molar-refractivity contribution in [2.45, 2.75) is 13.5 Å². The van der Waals surface area contributed by atoms with Gasteiger partial charge < -0.3 is 19.9 Å². The van der Waals surface area contributed by atoms with Crippen LogP contribution >= 0.6 is 0 Å². The Hall–Kier alpha value is -5.05. The van der Waals surface area contributed by atoms with Crippen molar-refractivity contribution >= 4 is 29.4 Å². The number of aliphatic imine (C=N–C) groups is 1. The summed E-state index contributed by atoms with van der Waals surface area (Å²) in [6, 6.07) is 15.2. The Balaban J connectivity index is 1.63. The van der Waals surface area contributed by atoms with Crippen molar-refractivity contribution in [1.29, 1.82) is 0 Å². The van der Waals surface area contributed by atoms with Crippen molar-refractivity contribution in [2.75, 3.05) is 19.5 Å². The lowest BCUT2D eigenvalue weighted by atomic mass is 9.92. The van der Waals surface area contributed by atoms with Crippen LogP contribution in [0.4, 0.5) is 16.0 Å². The van der Waals surface area contributed by atoms with E-state index >= 15 is 4.39 Å². The highest BCUT2D eigenvalue weighted by Gasteiger charge is 2.25. The number of benzene rings is 3. The third kappa shape index (κ3) is 4.94. The quantitative estimate of drug-likeness (QED) is 0.300. The zero-order valence-electron chi connectivity index (χ0n) is 21.5. The number of halogens is 1. The van der Waals surface area contributed by atoms with Gasteiger partial charge in [-0.1, -0.05) is 30.4 Å². The zero-order valence-corrected chi connectivity index (χ0v) is 21.5. The standard InChI is InChI=1S/C30H25FN4O4/c1-4-6-17-9-11-20-22(13-17)28(26-23(31)7-5-8-24(26)38-2)32-15-18-16-33-30(35-27(18)20)34-19-10-12-21(29(36)37)25(14-19)39-3/h4-14,16H,15H2,1-3H3,(H,36,37)(H,33,34,35). The normalized spacial score (nSPS) is 12.3. The fourth-order valence-electron chi connectivity index (χ4n) is 4.52. The van der Waals surface area contributed by atoms with Gasteiger partial charge in [-0.05, 0) is 42.8 Å². The Morgan fingerprint density at radius 2 is 1.87 bits per heavy atom. The summed E-state index contributed by atoms with van der Waals surface area (Å²) in [5.74, 6) is -0.631. The molecule has 1 aromatic heterocycles. The molecule has 0 radical (unpaired) electrons. The number of allylic oxidation sites excluding steroid dienone is 1. The minimum atomic E-state index is -1.09. The monoisotopic (exact) mass is 524 g/mol. The molecule has 0 amide bonds. The molecule has 0 fully saturated rings. The molecule has 0 saturated heterocycles. The molecule has 1 aliphatic rings. The maximum absolute atomic E-state index is 15.2. The van der Waals surface area contributed by atoms with Crippen LogP contribution in [0.25, 0.3) is 17.3 Å². The van der Waals surface area contributed by atoms with E-state index in [4.69, 9.17) is 19.5 Å². The molecule has 4 aromatic rings. The molecule has 0 atom stereocenters. The summed E-state index contributed by atoms with van der Waals surface area (Å²) in [4.78, 5) is 25.5. The van der Waals surface area contributed by atoms with Crippen molar-refractivity contribution in [1.82, 2.24) is 9.97 Å². The molecular weight excluding hydrogens is 499 g/mol. The van der Waals surface area contributed by atoms with Gasteiger partial charge in [-0.2, -0.15) is 0 Å². The van der Waals surface area contributed by atoms with Gasteiger partial charge in [-0.3, -0.25) is 4.99 Å². The van der Waals surface area contributed by atoms with Gasteiger partial charge in [-0.15, -0.1) is 0 Å². The number of fused-ring (bicyclic) bond motifs is 3. The number of aromatic carboxylic acids is 1.